The summed E-state index contributed by atoms with van der Waals surface area (Å²) in [6.07, 6.45) is 6.63. The molecule has 5 heteroatoms. The fourth-order valence-corrected chi connectivity index (χ4v) is 8.37. The Hall–Kier alpha value is -4.82. The first-order chi connectivity index (χ1) is 21.5. The standard InChI is InChI=1S/C39H34N4O/c1-24-16-27-17-25(2)21-39(20-24,22-27)31-12-9-29(10-13-31)37-41-36(28-6-4-3-5-7-28)42-38(43-37)30-11-15-33-32-14-8-26(23-40)18-34(32)44-35(33)19-30/h3-15,18-19,24-25,27H,16-17,20-22H2,1-2H3/t24-,25+,27-,39?. The Bertz CT molecular complexity index is 2040. The highest BCUT2D eigenvalue weighted by molar-refractivity contribution is 6.06. The maximum atomic E-state index is 9.33. The Balaban J connectivity index is 1.21. The third-order valence-electron chi connectivity index (χ3n) is 9.91. The first-order valence-corrected chi connectivity index (χ1v) is 15.8. The second-order valence-electron chi connectivity index (χ2n) is 13.3. The lowest BCUT2D eigenvalue weighted by molar-refractivity contribution is 0.0780. The molecule has 2 aromatic heterocycles. The minimum absolute atomic E-state index is 0.286. The van der Waals surface area contributed by atoms with Gasteiger partial charge in [0.15, 0.2) is 17.5 Å². The van der Waals surface area contributed by atoms with Gasteiger partial charge in [-0.25, -0.2) is 15.0 Å². The van der Waals surface area contributed by atoms with Crippen LogP contribution in [0.4, 0.5) is 0 Å². The van der Waals surface area contributed by atoms with Crippen molar-refractivity contribution in [2.45, 2.75) is 51.4 Å². The molecular weight excluding hydrogens is 540 g/mol. The van der Waals surface area contributed by atoms with Crippen molar-refractivity contribution in [2.75, 3.05) is 0 Å². The molecule has 2 aliphatic carbocycles. The fourth-order valence-electron chi connectivity index (χ4n) is 8.37. The van der Waals surface area contributed by atoms with E-state index in [1.54, 1.807) is 6.07 Å². The van der Waals surface area contributed by atoms with Crippen LogP contribution in [0.3, 0.4) is 0 Å². The summed E-state index contributed by atoms with van der Waals surface area (Å²) in [5, 5.41) is 11.3. The minimum atomic E-state index is 0.286. The summed E-state index contributed by atoms with van der Waals surface area (Å²) >= 11 is 0. The van der Waals surface area contributed by atoms with Crippen molar-refractivity contribution in [1.29, 1.82) is 5.26 Å². The van der Waals surface area contributed by atoms with Gasteiger partial charge >= 0.3 is 0 Å². The number of aromatic nitrogens is 3. The van der Waals surface area contributed by atoms with Gasteiger partial charge in [-0.05, 0) is 91.2 Å². The van der Waals surface area contributed by atoms with Crippen molar-refractivity contribution < 1.29 is 4.42 Å². The van der Waals surface area contributed by atoms with Crippen molar-refractivity contribution in [3.63, 3.8) is 0 Å². The van der Waals surface area contributed by atoms with Gasteiger partial charge in [0, 0.05) is 27.5 Å². The summed E-state index contributed by atoms with van der Waals surface area (Å²) in [4.78, 5) is 14.9. The zero-order valence-corrected chi connectivity index (χ0v) is 25.1. The maximum Gasteiger partial charge on any atom is 0.164 e. The highest BCUT2D eigenvalue weighted by atomic mass is 16.3. The van der Waals surface area contributed by atoms with E-state index < -0.39 is 0 Å². The Morgan fingerprint density at radius 3 is 1.89 bits per heavy atom. The molecule has 1 unspecified atom stereocenters. The summed E-state index contributed by atoms with van der Waals surface area (Å²) in [6.45, 7) is 4.88. The molecule has 0 N–H and O–H groups in total. The number of furan rings is 1. The van der Waals surface area contributed by atoms with Crippen LogP contribution in [-0.2, 0) is 5.41 Å². The van der Waals surface area contributed by atoms with E-state index in [1.165, 1.54) is 37.7 Å². The lowest BCUT2D eigenvalue weighted by Crippen LogP contribution is -2.42. The summed E-state index contributed by atoms with van der Waals surface area (Å²) in [5.41, 5.74) is 6.55. The van der Waals surface area contributed by atoms with Gasteiger partial charge in [-0.2, -0.15) is 5.26 Å². The van der Waals surface area contributed by atoms with E-state index in [0.717, 1.165) is 50.8 Å². The van der Waals surface area contributed by atoms with Gasteiger partial charge in [-0.3, -0.25) is 0 Å². The molecule has 2 aliphatic rings. The van der Waals surface area contributed by atoms with Crippen molar-refractivity contribution in [3.8, 4) is 40.2 Å². The molecule has 4 aromatic carbocycles. The highest BCUT2D eigenvalue weighted by Crippen LogP contribution is 2.54. The SMILES string of the molecule is C[C@@H]1C[C@@H]2C[C@H](C)CC(c3ccc(-c4nc(-c5ccccc5)nc(-c5ccc6c(c5)oc5cc(C#N)ccc56)n4)cc3)(C1)C2. The van der Waals surface area contributed by atoms with E-state index in [1.807, 2.05) is 60.7 Å². The Morgan fingerprint density at radius 1 is 0.659 bits per heavy atom. The molecule has 0 spiro atoms. The lowest BCUT2D eigenvalue weighted by Gasteiger charge is -2.50. The van der Waals surface area contributed by atoms with Crippen LogP contribution in [0, 0.1) is 29.1 Å². The van der Waals surface area contributed by atoms with Crippen LogP contribution < -0.4 is 0 Å². The average Bonchev–Trinajstić information content (AvgIpc) is 3.41. The van der Waals surface area contributed by atoms with Crippen LogP contribution in [0.5, 0.6) is 0 Å². The van der Waals surface area contributed by atoms with Gasteiger partial charge in [-0.1, -0.05) is 74.5 Å². The van der Waals surface area contributed by atoms with Crippen LogP contribution in [0.1, 0.15) is 57.1 Å². The number of hydrogen-bond donors (Lipinski definition) is 0. The van der Waals surface area contributed by atoms with Gasteiger partial charge in [0.1, 0.15) is 11.2 Å². The molecule has 0 aliphatic heterocycles. The summed E-state index contributed by atoms with van der Waals surface area (Å²) in [7, 11) is 0. The minimum Gasteiger partial charge on any atom is -0.456 e. The molecule has 2 heterocycles. The van der Waals surface area contributed by atoms with Crippen LogP contribution >= 0.6 is 0 Å². The smallest absolute Gasteiger partial charge is 0.164 e. The predicted octanol–water partition coefficient (Wildman–Crippen LogP) is 9.75. The highest BCUT2D eigenvalue weighted by Gasteiger charge is 2.45. The molecule has 44 heavy (non-hydrogen) atoms. The first kappa shape index (κ1) is 26.8. The second-order valence-corrected chi connectivity index (χ2v) is 13.3. The van der Waals surface area contributed by atoms with E-state index >= 15 is 0 Å². The molecule has 5 nitrogen and oxygen atoms in total. The normalized spacial score (nSPS) is 23.1. The van der Waals surface area contributed by atoms with Gasteiger partial charge in [0.25, 0.3) is 0 Å². The van der Waals surface area contributed by atoms with Crippen molar-refractivity contribution >= 4 is 21.9 Å². The third kappa shape index (κ3) is 4.66. The molecule has 0 radical (unpaired) electrons. The molecule has 0 amide bonds. The maximum absolute atomic E-state index is 9.33. The van der Waals surface area contributed by atoms with Crippen molar-refractivity contribution in [1.82, 2.24) is 15.0 Å². The largest absolute Gasteiger partial charge is 0.456 e. The molecule has 0 saturated heterocycles. The fraction of sp³-hybridized carbons (Fsp3) is 0.282. The van der Waals surface area contributed by atoms with E-state index in [-0.39, 0.29) is 5.41 Å². The number of nitrogens with zero attached hydrogens (tertiary/aromatic N) is 4. The monoisotopic (exact) mass is 574 g/mol. The lowest BCUT2D eigenvalue weighted by atomic mass is 9.54. The van der Waals surface area contributed by atoms with Gasteiger partial charge in [0.05, 0.1) is 11.6 Å². The average molecular weight is 575 g/mol. The molecule has 8 rings (SSSR count). The Kier molecular flexibility index (Phi) is 6.34. The first-order valence-electron chi connectivity index (χ1n) is 15.8. The van der Waals surface area contributed by atoms with E-state index in [0.29, 0.717) is 28.6 Å². The Labute approximate surface area is 257 Å². The van der Waals surface area contributed by atoms with Crippen LogP contribution in [0.15, 0.2) is 95.4 Å². The van der Waals surface area contributed by atoms with Gasteiger partial charge in [-0.15, -0.1) is 0 Å². The second kappa shape index (κ2) is 10.4. The third-order valence-corrected chi connectivity index (χ3v) is 9.91. The molecule has 2 saturated carbocycles. The van der Waals surface area contributed by atoms with Crippen LogP contribution in [0.25, 0.3) is 56.1 Å². The van der Waals surface area contributed by atoms with E-state index in [9.17, 15) is 5.26 Å². The summed E-state index contributed by atoms with van der Waals surface area (Å²) < 4.78 is 6.18. The summed E-state index contributed by atoms with van der Waals surface area (Å²) in [5.74, 6) is 4.30. The molecule has 2 fully saturated rings. The van der Waals surface area contributed by atoms with E-state index in [4.69, 9.17) is 19.4 Å². The van der Waals surface area contributed by atoms with Gasteiger partial charge < -0.3 is 4.42 Å². The van der Waals surface area contributed by atoms with Crippen molar-refractivity contribution in [2.24, 2.45) is 17.8 Å². The number of hydrogen-bond acceptors (Lipinski definition) is 5. The van der Waals surface area contributed by atoms with Crippen LogP contribution in [-0.4, -0.2) is 15.0 Å². The number of benzene rings is 4. The molecule has 2 bridgehead atoms. The van der Waals surface area contributed by atoms with Crippen molar-refractivity contribution in [3.05, 3.63) is 102 Å². The molecular formula is C39H34N4O. The number of rotatable bonds is 4. The number of nitriles is 1. The molecule has 6 aromatic rings. The molecule has 216 valence electrons. The predicted molar refractivity (Wildman–Crippen MR) is 175 cm³/mol. The van der Waals surface area contributed by atoms with Crippen LogP contribution in [0.2, 0.25) is 0 Å². The zero-order valence-electron chi connectivity index (χ0n) is 25.1. The quantitative estimate of drug-likeness (QED) is 0.209. The molecule has 4 atom stereocenters. The Morgan fingerprint density at radius 2 is 1.23 bits per heavy atom. The van der Waals surface area contributed by atoms with E-state index in [2.05, 4.69) is 44.2 Å². The topological polar surface area (TPSA) is 75.6 Å². The zero-order chi connectivity index (χ0) is 29.8. The number of fused-ring (bicyclic) bond motifs is 5. The van der Waals surface area contributed by atoms with Gasteiger partial charge in [0.2, 0.25) is 0 Å². The summed E-state index contributed by atoms with van der Waals surface area (Å²) in [6, 6.07) is 33.0.